The Balaban J connectivity index is 1.35. The van der Waals surface area contributed by atoms with E-state index >= 15 is 0 Å². The topological polar surface area (TPSA) is 34.0 Å². The molecular weight excluding hydrogens is 308 g/mol. The standard InChI is InChI=1S/C22H24N2O/c25-21(12-16-24-15-11-18-7-4-5-10-20(18)24)23-17-22(13-6-14-22)19-8-2-1-3-9-19/h1-5,7-11,15H,6,12-14,16-17H2,(H,23,25). The molecule has 1 saturated carbocycles. The Bertz CT molecular complexity index is 862. The quantitative estimate of drug-likeness (QED) is 0.718. The lowest BCUT2D eigenvalue weighted by Gasteiger charge is -2.42. The highest BCUT2D eigenvalue weighted by Gasteiger charge is 2.38. The van der Waals surface area contributed by atoms with Crippen LogP contribution in [0.25, 0.3) is 10.9 Å². The Morgan fingerprint density at radius 1 is 1.00 bits per heavy atom. The second-order valence-electron chi connectivity index (χ2n) is 7.09. The third-order valence-electron chi connectivity index (χ3n) is 5.58. The molecule has 1 aliphatic rings. The van der Waals surface area contributed by atoms with Crippen molar-refractivity contribution in [3.63, 3.8) is 0 Å². The summed E-state index contributed by atoms with van der Waals surface area (Å²) in [5.41, 5.74) is 2.70. The van der Waals surface area contributed by atoms with Crippen LogP contribution in [-0.4, -0.2) is 17.0 Å². The summed E-state index contributed by atoms with van der Waals surface area (Å²) in [4.78, 5) is 12.4. The third kappa shape index (κ3) is 3.19. The smallest absolute Gasteiger partial charge is 0.221 e. The molecule has 1 fully saturated rings. The van der Waals surface area contributed by atoms with E-state index in [1.807, 2.05) is 12.1 Å². The number of benzene rings is 2. The number of aryl methyl sites for hydroxylation is 1. The minimum absolute atomic E-state index is 0.139. The molecule has 0 saturated heterocycles. The van der Waals surface area contributed by atoms with Crippen LogP contribution in [0.4, 0.5) is 0 Å². The van der Waals surface area contributed by atoms with Gasteiger partial charge in [0.15, 0.2) is 0 Å². The number of nitrogens with one attached hydrogen (secondary N) is 1. The van der Waals surface area contributed by atoms with Gasteiger partial charge in [0.1, 0.15) is 0 Å². The van der Waals surface area contributed by atoms with Gasteiger partial charge in [-0.3, -0.25) is 4.79 Å². The van der Waals surface area contributed by atoms with E-state index in [9.17, 15) is 4.79 Å². The molecule has 1 amide bonds. The first-order chi connectivity index (χ1) is 12.3. The van der Waals surface area contributed by atoms with Crippen molar-refractivity contribution < 1.29 is 4.79 Å². The fraction of sp³-hybridized carbons (Fsp3) is 0.318. The minimum atomic E-state index is 0.139. The number of rotatable bonds is 6. The number of amides is 1. The summed E-state index contributed by atoms with van der Waals surface area (Å²) in [5, 5.41) is 4.40. The predicted octanol–water partition coefficient (Wildman–Crippen LogP) is 4.27. The summed E-state index contributed by atoms with van der Waals surface area (Å²) in [6.45, 7) is 1.47. The van der Waals surface area contributed by atoms with E-state index in [0.29, 0.717) is 6.42 Å². The molecule has 3 nitrogen and oxygen atoms in total. The SMILES string of the molecule is O=C(CCn1ccc2ccccc21)NCC1(c2ccccc2)CCC1. The minimum Gasteiger partial charge on any atom is -0.355 e. The molecule has 1 N–H and O–H groups in total. The van der Waals surface area contributed by atoms with E-state index in [0.717, 1.165) is 13.1 Å². The van der Waals surface area contributed by atoms with Crippen LogP contribution in [0, 0.1) is 0 Å². The normalized spacial score (nSPS) is 15.7. The van der Waals surface area contributed by atoms with E-state index in [2.05, 4.69) is 64.6 Å². The Kier molecular flexibility index (Phi) is 4.31. The Labute approximate surface area is 148 Å². The summed E-state index contributed by atoms with van der Waals surface area (Å²) in [7, 11) is 0. The van der Waals surface area contributed by atoms with Gasteiger partial charge in [-0.25, -0.2) is 0 Å². The first kappa shape index (κ1) is 15.9. The number of carbonyl (C=O) groups is 1. The van der Waals surface area contributed by atoms with Crippen LogP contribution >= 0.6 is 0 Å². The highest BCUT2D eigenvalue weighted by atomic mass is 16.1. The zero-order chi connectivity index (χ0) is 17.1. The lowest BCUT2D eigenvalue weighted by molar-refractivity contribution is -0.121. The van der Waals surface area contributed by atoms with Gasteiger partial charge in [-0.1, -0.05) is 55.0 Å². The fourth-order valence-corrected chi connectivity index (χ4v) is 3.88. The zero-order valence-electron chi connectivity index (χ0n) is 14.4. The van der Waals surface area contributed by atoms with Crippen LogP contribution in [0.2, 0.25) is 0 Å². The Morgan fingerprint density at radius 2 is 1.76 bits per heavy atom. The molecule has 0 radical (unpaired) electrons. The van der Waals surface area contributed by atoms with Crippen molar-refractivity contribution in [1.82, 2.24) is 9.88 Å². The van der Waals surface area contributed by atoms with Gasteiger partial charge in [0.25, 0.3) is 0 Å². The monoisotopic (exact) mass is 332 g/mol. The molecule has 2 aromatic carbocycles. The van der Waals surface area contributed by atoms with Crippen molar-refractivity contribution in [3.05, 3.63) is 72.4 Å². The molecule has 4 rings (SSSR count). The molecule has 1 aromatic heterocycles. The maximum atomic E-state index is 12.4. The van der Waals surface area contributed by atoms with Crippen molar-refractivity contribution in [3.8, 4) is 0 Å². The van der Waals surface area contributed by atoms with Crippen LogP contribution in [0.1, 0.15) is 31.2 Å². The number of aromatic nitrogens is 1. The maximum Gasteiger partial charge on any atom is 0.221 e. The molecule has 0 aliphatic heterocycles. The van der Waals surface area contributed by atoms with Gasteiger partial charge in [-0.05, 0) is 35.9 Å². The molecule has 0 atom stereocenters. The molecule has 3 heteroatoms. The van der Waals surface area contributed by atoms with E-state index in [1.165, 1.54) is 35.7 Å². The van der Waals surface area contributed by atoms with E-state index in [4.69, 9.17) is 0 Å². The zero-order valence-corrected chi connectivity index (χ0v) is 14.4. The molecule has 1 aliphatic carbocycles. The largest absolute Gasteiger partial charge is 0.355 e. The second kappa shape index (κ2) is 6.75. The molecule has 0 unspecified atom stereocenters. The number of nitrogens with zero attached hydrogens (tertiary/aromatic N) is 1. The summed E-state index contributed by atoms with van der Waals surface area (Å²) < 4.78 is 2.16. The number of hydrogen-bond donors (Lipinski definition) is 1. The first-order valence-electron chi connectivity index (χ1n) is 9.13. The van der Waals surface area contributed by atoms with Crippen molar-refractivity contribution in [2.75, 3.05) is 6.54 Å². The first-order valence-corrected chi connectivity index (χ1v) is 9.13. The molecule has 3 aromatic rings. The van der Waals surface area contributed by atoms with E-state index in [-0.39, 0.29) is 11.3 Å². The van der Waals surface area contributed by atoms with Gasteiger partial charge in [-0.2, -0.15) is 0 Å². The lowest BCUT2D eigenvalue weighted by atomic mass is 9.64. The van der Waals surface area contributed by atoms with Crippen LogP contribution in [-0.2, 0) is 16.8 Å². The van der Waals surface area contributed by atoms with Crippen LogP contribution in [0.15, 0.2) is 66.9 Å². The summed E-state index contributed by atoms with van der Waals surface area (Å²) in [6, 6.07) is 21.0. The lowest BCUT2D eigenvalue weighted by Crippen LogP contribution is -2.45. The van der Waals surface area contributed by atoms with Gasteiger partial charge in [0, 0.05) is 36.6 Å². The number of fused-ring (bicyclic) bond motifs is 1. The van der Waals surface area contributed by atoms with Crippen LogP contribution < -0.4 is 5.32 Å². The third-order valence-corrected chi connectivity index (χ3v) is 5.58. The second-order valence-corrected chi connectivity index (χ2v) is 7.09. The molecule has 0 bridgehead atoms. The summed E-state index contributed by atoms with van der Waals surface area (Å²) in [5.74, 6) is 0.139. The average molecular weight is 332 g/mol. The van der Waals surface area contributed by atoms with E-state index in [1.54, 1.807) is 0 Å². The van der Waals surface area contributed by atoms with Crippen molar-refractivity contribution >= 4 is 16.8 Å². The molecule has 0 spiro atoms. The number of carbonyl (C=O) groups excluding carboxylic acids is 1. The number of hydrogen-bond acceptors (Lipinski definition) is 1. The maximum absolute atomic E-state index is 12.4. The number of para-hydroxylation sites is 1. The predicted molar refractivity (Wildman–Crippen MR) is 102 cm³/mol. The molecular formula is C22H24N2O. The average Bonchev–Trinajstić information content (AvgIpc) is 3.03. The molecule has 128 valence electrons. The van der Waals surface area contributed by atoms with Crippen molar-refractivity contribution in [1.29, 1.82) is 0 Å². The van der Waals surface area contributed by atoms with Gasteiger partial charge in [0.05, 0.1) is 0 Å². The van der Waals surface area contributed by atoms with Crippen LogP contribution in [0.5, 0.6) is 0 Å². The van der Waals surface area contributed by atoms with Gasteiger partial charge in [0.2, 0.25) is 5.91 Å². The van der Waals surface area contributed by atoms with Crippen LogP contribution in [0.3, 0.4) is 0 Å². The van der Waals surface area contributed by atoms with E-state index < -0.39 is 0 Å². The molecule has 1 heterocycles. The summed E-state index contributed by atoms with van der Waals surface area (Å²) in [6.07, 6.45) is 6.16. The van der Waals surface area contributed by atoms with Crippen molar-refractivity contribution in [2.24, 2.45) is 0 Å². The Hall–Kier alpha value is -2.55. The van der Waals surface area contributed by atoms with Gasteiger partial charge >= 0.3 is 0 Å². The van der Waals surface area contributed by atoms with Gasteiger partial charge in [-0.15, -0.1) is 0 Å². The fourth-order valence-electron chi connectivity index (χ4n) is 3.88. The Morgan fingerprint density at radius 3 is 2.52 bits per heavy atom. The summed E-state index contributed by atoms with van der Waals surface area (Å²) >= 11 is 0. The van der Waals surface area contributed by atoms with Gasteiger partial charge < -0.3 is 9.88 Å². The van der Waals surface area contributed by atoms with Crippen molar-refractivity contribution in [2.45, 2.75) is 37.6 Å². The highest BCUT2D eigenvalue weighted by molar-refractivity contribution is 5.80. The highest BCUT2D eigenvalue weighted by Crippen LogP contribution is 2.43. The molecule has 25 heavy (non-hydrogen) atoms.